The summed E-state index contributed by atoms with van der Waals surface area (Å²) >= 11 is 0. The van der Waals surface area contributed by atoms with Crippen LogP contribution in [0.15, 0.2) is 30.3 Å². The summed E-state index contributed by atoms with van der Waals surface area (Å²) in [5.74, 6) is -0.633. The molecule has 0 bridgehead atoms. The van der Waals surface area contributed by atoms with E-state index in [0.717, 1.165) is 5.75 Å². The second-order valence-corrected chi connectivity index (χ2v) is 5.00. The maximum Gasteiger partial charge on any atom is 0.306 e. The van der Waals surface area contributed by atoms with E-state index in [1.165, 1.54) is 0 Å². The van der Waals surface area contributed by atoms with Crippen LogP contribution in [0.3, 0.4) is 0 Å². The Morgan fingerprint density at radius 1 is 1.20 bits per heavy atom. The zero-order chi connectivity index (χ0) is 14.4. The standard InChI is InChI=1S/C15H19NO4/c17-14(11-6-7-12(10-11)15(18)19)16-8-9-20-13-4-2-1-3-5-13/h1-5,11-12H,6-10H2,(H,16,17)(H,18,19). The summed E-state index contributed by atoms with van der Waals surface area (Å²) in [6.07, 6.45) is 1.69. The molecule has 1 aliphatic rings. The number of hydrogen-bond acceptors (Lipinski definition) is 3. The Bertz CT molecular complexity index is 460. The van der Waals surface area contributed by atoms with Gasteiger partial charge in [-0.05, 0) is 31.4 Å². The van der Waals surface area contributed by atoms with E-state index in [4.69, 9.17) is 9.84 Å². The quantitative estimate of drug-likeness (QED) is 0.776. The van der Waals surface area contributed by atoms with Crippen molar-refractivity contribution in [3.63, 3.8) is 0 Å². The van der Waals surface area contributed by atoms with E-state index in [1.807, 2.05) is 30.3 Å². The van der Waals surface area contributed by atoms with E-state index >= 15 is 0 Å². The highest BCUT2D eigenvalue weighted by Crippen LogP contribution is 2.30. The normalized spacial score (nSPS) is 21.4. The maximum atomic E-state index is 11.9. The minimum Gasteiger partial charge on any atom is -0.492 e. The van der Waals surface area contributed by atoms with Crippen molar-refractivity contribution in [1.82, 2.24) is 5.32 Å². The summed E-state index contributed by atoms with van der Waals surface area (Å²) in [5, 5.41) is 11.7. The molecule has 5 nitrogen and oxygen atoms in total. The highest BCUT2D eigenvalue weighted by atomic mass is 16.5. The van der Waals surface area contributed by atoms with E-state index < -0.39 is 5.97 Å². The molecule has 1 aromatic rings. The van der Waals surface area contributed by atoms with Gasteiger partial charge in [-0.15, -0.1) is 0 Å². The lowest BCUT2D eigenvalue weighted by Crippen LogP contribution is -2.33. The zero-order valence-electron chi connectivity index (χ0n) is 11.2. The molecule has 0 heterocycles. The Kier molecular flexibility index (Phi) is 4.98. The second-order valence-electron chi connectivity index (χ2n) is 5.00. The van der Waals surface area contributed by atoms with Gasteiger partial charge in [0.15, 0.2) is 0 Å². The third-order valence-electron chi connectivity index (χ3n) is 3.57. The van der Waals surface area contributed by atoms with Crippen LogP contribution < -0.4 is 10.1 Å². The highest BCUT2D eigenvalue weighted by molar-refractivity contribution is 5.80. The van der Waals surface area contributed by atoms with Gasteiger partial charge in [0, 0.05) is 5.92 Å². The van der Waals surface area contributed by atoms with Crippen molar-refractivity contribution in [3.05, 3.63) is 30.3 Å². The number of carboxylic acid groups (broad SMARTS) is 1. The van der Waals surface area contributed by atoms with Gasteiger partial charge in [-0.2, -0.15) is 0 Å². The van der Waals surface area contributed by atoms with Crippen LogP contribution in [0.2, 0.25) is 0 Å². The number of ether oxygens (including phenoxy) is 1. The first-order valence-electron chi connectivity index (χ1n) is 6.85. The smallest absolute Gasteiger partial charge is 0.306 e. The molecular formula is C15H19NO4. The van der Waals surface area contributed by atoms with Gasteiger partial charge in [0.1, 0.15) is 12.4 Å². The Morgan fingerprint density at radius 2 is 1.90 bits per heavy atom. The summed E-state index contributed by atoms with van der Waals surface area (Å²) in [6, 6.07) is 9.40. The molecule has 20 heavy (non-hydrogen) atoms. The van der Waals surface area contributed by atoms with E-state index in [9.17, 15) is 9.59 Å². The van der Waals surface area contributed by atoms with E-state index in [2.05, 4.69) is 5.32 Å². The van der Waals surface area contributed by atoms with Crippen molar-refractivity contribution in [2.24, 2.45) is 11.8 Å². The first kappa shape index (κ1) is 14.4. The number of amides is 1. The van der Waals surface area contributed by atoms with E-state index in [0.29, 0.717) is 32.4 Å². The Labute approximate surface area is 117 Å². The first-order valence-corrected chi connectivity index (χ1v) is 6.85. The van der Waals surface area contributed by atoms with Crippen LogP contribution in [0, 0.1) is 11.8 Å². The maximum absolute atomic E-state index is 11.9. The molecule has 2 unspecified atom stereocenters. The van der Waals surface area contributed by atoms with Crippen LogP contribution in [0.5, 0.6) is 5.75 Å². The molecule has 1 amide bonds. The largest absolute Gasteiger partial charge is 0.492 e. The van der Waals surface area contributed by atoms with Gasteiger partial charge in [0.25, 0.3) is 0 Å². The number of carbonyl (C=O) groups excluding carboxylic acids is 1. The Hall–Kier alpha value is -2.04. The van der Waals surface area contributed by atoms with Crippen LogP contribution in [-0.4, -0.2) is 30.1 Å². The van der Waals surface area contributed by atoms with Crippen LogP contribution in [-0.2, 0) is 9.59 Å². The number of hydrogen-bond donors (Lipinski definition) is 2. The zero-order valence-corrected chi connectivity index (χ0v) is 11.2. The Balaban J connectivity index is 1.65. The lowest BCUT2D eigenvalue weighted by atomic mass is 10.0. The minimum absolute atomic E-state index is 0.0644. The van der Waals surface area contributed by atoms with Gasteiger partial charge in [0.05, 0.1) is 12.5 Å². The monoisotopic (exact) mass is 277 g/mol. The number of para-hydroxylation sites is 1. The van der Waals surface area contributed by atoms with Crippen molar-refractivity contribution in [1.29, 1.82) is 0 Å². The molecule has 1 aliphatic carbocycles. The molecule has 2 atom stereocenters. The predicted molar refractivity (Wildman–Crippen MR) is 73.4 cm³/mol. The van der Waals surface area contributed by atoms with Gasteiger partial charge >= 0.3 is 5.97 Å². The number of carboxylic acids is 1. The van der Waals surface area contributed by atoms with Crippen LogP contribution in [0.1, 0.15) is 19.3 Å². The molecular weight excluding hydrogens is 258 g/mol. The fraction of sp³-hybridized carbons (Fsp3) is 0.467. The fourth-order valence-corrected chi connectivity index (χ4v) is 2.45. The lowest BCUT2D eigenvalue weighted by molar-refractivity contribution is -0.141. The summed E-state index contributed by atoms with van der Waals surface area (Å²) in [5.41, 5.74) is 0. The van der Waals surface area contributed by atoms with Crippen molar-refractivity contribution < 1.29 is 19.4 Å². The van der Waals surface area contributed by atoms with Crippen LogP contribution in [0.25, 0.3) is 0 Å². The topological polar surface area (TPSA) is 75.6 Å². The number of benzene rings is 1. The summed E-state index contributed by atoms with van der Waals surface area (Å²) < 4.78 is 5.47. The molecule has 5 heteroatoms. The Morgan fingerprint density at radius 3 is 2.55 bits per heavy atom. The first-order chi connectivity index (χ1) is 9.66. The molecule has 1 saturated carbocycles. The molecule has 1 fully saturated rings. The molecule has 1 aromatic carbocycles. The third-order valence-corrected chi connectivity index (χ3v) is 3.57. The van der Waals surface area contributed by atoms with Gasteiger partial charge in [-0.3, -0.25) is 9.59 Å². The van der Waals surface area contributed by atoms with Crippen molar-refractivity contribution in [3.8, 4) is 5.75 Å². The highest BCUT2D eigenvalue weighted by Gasteiger charge is 2.33. The number of aliphatic carboxylic acids is 1. The molecule has 0 radical (unpaired) electrons. The molecule has 0 spiro atoms. The SMILES string of the molecule is O=C(O)C1CCC(C(=O)NCCOc2ccccc2)C1. The minimum atomic E-state index is -0.798. The van der Waals surface area contributed by atoms with Crippen molar-refractivity contribution in [2.45, 2.75) is 19.3 Å². The number of nitrogens with one attached hydrogen (secondary N) is 1. The molecule has 0 aromatic heterocycles. The summed E-state index contributed by atoms with van der Waals surface area (Å²) in [4.78, 5) is 22.7. The average Bonchev–Trinajstić information content (AvgIpc) is 2.94. The predicted octanol–water partition coefficient (Wildman–Crippen LogP) is 1.68. The summed E-state index contributed by atoms with van der Waals surface area (Å²) in [6.45, 7) is 0.840. The molecule has 0 aliphatic heterocycles. The van der Waals surface area contributed by atoms with E-state index in [-0.39, 0.29) is 17.7 Å². The average molecular weight is 277 g/mol. The fourth-order valence-electron chi connectivity index (χ4n) is 2.45. The van der Waals surface area contributed by atoms with Crippen molar-refractivity contribution in [2.75, 3.05) is 13.2 Å². The molecule has 2 rings (SSSR count). The molecule has 2 N–H and O–H groups in total. The van der Waals surface area contributed by atoms with Crippen LogP contribution >= 0.6 is 0 Å². The van der Waals surface area contributed by atoms with Gasteiger partial charge < -0.3 is 15.2 Å². The summed E-state index contributed by atoms with van der Waals surface area (Å²) in [7, 11) is 0. The lowest BCUT2D eigenvalue weighted by Gasteiger charge is -2.11. The van der Waals surface area contributed by atoms with Gasteiger partial charge in [0.2, 0.25) is 5.91 Å². The molecule has 0 saturated heterocycles. The van der Waals surface area contributed by atoms with Crippen LogP contribution in [0.4, 0.5) is 0 Å². The van der Waals surface area contributed by atoms with Gasteiger partial charge in [-0.25, -0.2) is 0 Å². The van der Waals surface area contributed by atoms with Crippen molar-refractivity contribution >= 4 is 11.9 Å². The second kappa shape index (κ2) is 6.93. The third kappa shape index (κ3) is 3.98. The van der Waals surface area contributed by atoms with E-state index in [1.54, 1.807) is 0 Å². The number of carbonyl (C=O) groups is 2. The number of rotatable bonds is 6. The van der Waals surface area contributed by atoms with Gasteiger partial charge in [-0.1, -0.05) is 18.2 Å². The molecule has 108 valence electrons.